The van der Waals surface area contributed by atoms with Gasteiger partial charge in [-0.2, -0.15) is 0 Å². The summed E-state index contributed by atoms with van der Waals surface area (Å²) < 4.78 is 5.37. The van der Waals surface area contributed by atoms with Gasteiger partial charge in [-0.3, -0.25) is 4.90 Å². The lowest BCUT2D eigenvalue weighted by atomic mass is 9.95. The third kappa shape index (κ3) is 5.20. The molecule has 7 nitrogen and oxygen atoms in total. The molecule has 2 aliphatic heterocycles. The van der Waals surface area contributed by atoms with Crippen LogP contribution in [0.25, 0.3) is 0 Å². The SMILES string of the molecule is CCOC(=O)C1=C(CN2CCN(c3cc(C)ccc3C)CC2)NC(=O)N[C@H]1c1ccccc1. The number of nitrogens with zero attached hydrogens (tertiary/aromatic N) is 2. The number of anilines is 1. The largest absolute Gasteiger partial charge is 0.463 e. The second-order valence-electron chi connectivity index (χ2n) is 8.61. The minimum Gasteiger partial charge on any atom is -0.463 e. The number of benzene rings is 2. The summed E-state index contributed by atoms with van der Waals surface area (Å²) >= 11 is 0. The first-order valence-corrected chi connectivity index (χ1v) is 11.5. The Morgan fingerprint density at radius 2 is 1.79 bits per heavy atom. The molecule has 0 unspecified atom stereocenters. The summed E-state index contributed by atoms with van der Waals surface area (Å²) in [7, 11) is 0. The Hall–Kier alpha value is -3.32. The Balaban J connectivity index is 1.55. The van der Waals surface area contributed by atoms with E-state index in [1.165, 1.54) is 16.8 Å². The van der Waals surface area contributed by atoms with E-state index in [4.69, 9.17) is 4.74 Å². The molecule has 0 spiro atoms. The standard InChI is InChI=1S/C26H32N4O3/c1-4-33-25(31)23-21(27-26(32)28-24(23)20-8-6-5-7-9-20)17-29-12-14-30(15-13-29)22-16-18(2)10-11-19(22)3/h5-11,16,24H,4,12-15,17H2,1-3H3,(H2,27,28,32)/t24-/m0/s1. The van der Waals surface area contributed by atoms with Crippen molar-refractivity contribution in [3.63, 3.8) is 0 Å². The number of hydrogen-bond acceptors (Lipinski definition) is 5. The number of amides is 2. The topological polar surface area (TPSA) is 73.9 Å². The second-order valence-corrected chi connectivity index (χ2v) is 8.61. The molecule has 174 valence electrons. The number of carbonyl (C=O) groups excluding carboxylic acids is 2. The Kier molecular flexibility index (Phi) is 6.99. The van der Waals surface area contributed by atoms with E-state index in [2.05, 4.69) is 52.5 Å². The molecule has 2 aromatic carbocycles. The van der Waals surface area contributed by atoms with E-state index in [1.54, 1.807) is 6.92 Å². The van der Waals surface area contributed by atoms with Crippen LogP contribution in [0, 0.1) is 13.8 Å². The lowest BCUT2D eigenvalue weighted by Crippen LogP contribution is -2.52. The molecule has 0 saturated carbocycles. The van der Waals surface area contributed by atoms with Gasteiger partial charge in [0.05, 0.1) is 18.2 Å². The molecule has 1 atom stereocenters. The molecule has 2 aromatic rings. The fourth-order valence-electron chi connectivity index (χ4n) is 4.52. The Bertz CT molecular complexity index is 1040. The highest BCUT2D eigenvalue weighted by Crippen LogP contribution is 2.29. The first kappa shape index (κ1) is 22.9. The fourth-order valence-corrected chi connectivity index (χ4v) is 4.52. The van der Waals surface area contributed by atoms with Crippen molar-refractivity contribution >= 4 is 17.7 Å². The maximum absolute atomic E-state index is 12.9. The van der Waals surface area contributed by atoms with Crippen LogP contribution in [0.1, 0.15) is 29.7 Å². The lowest BCUT2D eigenvalue weighted by molar-refractivity contribution is -0.139. The van der Waals surface area contributed by atoms with Gasteiger partial charge in [0, 0.05) is 44.1 Å². The van der Waals surface area contributed by atoms with Gasteiger partial charge in [-0.05, 0) is 43.5 Å². The molecule has 4 rings (SSSR count). The number of urea groups is 1. The van der Waals surface area contributed by atoms with Crippen LogP contribution in [0.2, 0.25) is 0 Å². The zero-order chi connectivity index (χ0) is 23.4. The Labute approximate surface area is 195 Å². The van der Waals surface area contributed by atoms with Crippen LogP contribution in [0.4, 0.5) is 10.5 Å². The first-order valence-electron chi connectivity index (χ1n) is 11.5. The van der Waals surface area contributed by atoms with Crippen LogP contribution in [0.15, 0.2) is 59.8 Å². The van der Waals surface area contributed by atoms with Gasteiger partial charge in [0.1, 0.15) is 0 Å². The summed E-state index contributed by atoms with van der Waals surface area (Å²) in [4.78, 5) is 30.1. The molecule has 2 aliphatic rings. The number of piperazine rings is 1. The monoisotopic (exact) mass is 448 g/mol. The fraction of sp³-hybridized carbons (Fsp3) is 0.385. The zero-order valence-electron chi connectivity index (χ0n) is 19.6. The number of hydrogen-bond donors (Lipinski definition) is 2. The van der Waals surface area contributed by atoms with Gasteiger partial charge in [0.15, 0.2) is 0 Å². The molecule has 1 fully saturated rings. The number of nitrogens with one attached hydrogen (secondary N) is 2. The maximum atomic E-state index is 12.9. The van der Waals surface area contributed by atoms with Gasteiger partial charge in [0.25, 0.3) is 0 Å². The van der Waals surface area contributed by atoms with E-state index < -0.39 is 12.0 Å². The Morgan fingerprint density at radius 3 is 2.48 bits per heavy atom. The van der Waals surface area contributed by atoms with E-state index in [-0.39, 0.29) is 12.6 Å². The normalized spacial score (nSPS) is 19.2. The average molecular weight is 449 g/mol. The number of ether oxygens (including phenoxy) is 1. The summed E-state index contributed by atoms with van der Waals surface area (Å²) in [5, 5.41) is 5.78. The minimum absolute atomic E-state index is 0.277. The van der Waals surface area contributed by atoms with Crippen LogP contribution in [-0.4, -0.2) is 56.2 Å². The van der Waals surface area contributed by atoms with Crippen molar-refractivity contribution in [2.45, 2.75) is 26.8 Å². The van der Waals surface area contributed by atoms with Crippen LogP contribution in [-0.2, 0) is 9.53 Å². The highest BCUT2D eigenvalue weighted by molar-refractivity contribution is 5.95. The van der Waals surface area contributed by atoms with Crippen LogP contribution < -0.4 is 15.5 Å². The van der Waals surface area contributed by atoms with Crippen molar-refractivity contribution in [3.05, 3.63) is 76.5 Å². The maximum Gasteiger partial charge on any atom is 0.338 e. The molecular formula is C26H32N4O3. The van der Waals surface area contributed by atoms with Crippen LogP contribution >= 0.6 is 0 Å². The van der Waals surface area contributed by atoms with Gasteiger partial charge in [-0.15, -0.1) is 0 Å². The summed E-state index contributed by atoms with van der Waals surface area (Å²) in [6.45, 7) is 10.3. The molecule has 2 amide bonds. The quantitative estimate of drug-likeness (QED) is 0.664. The van der Waals surface area contributed by atoms with Gasteiger partial charge < -0.3 is 20.3 Å². The lowest BCUT2D eigenvalue weighted by Gasteiger charge is -2.38. The molecular weight excluding hydrogens is 416 g/mol. The number of aryl methyl sites for hydroxylation is 2. The summed E-state index contributed by atoms with van der Waals surface area (Å²) in [6, 6.07) is 15.2. The van der Waals surface area contributed by atoms with Crippen LogP contribution in [0.5, 0.6) is 0 Å². The second kappa shape index (κ2) is 10.1. The molecule has 0 radical (unpaired) electrons. The van der Waals surface area contributed by atoms with Crippen molar-refractivity contribution in [2.75, 3.05) is 44.2 Å². The molecule has 7 heteroatoms. The highest BCUT2D eigenvalue weighted by atomic mass is 16.5. The van der Waals surface area contributed by atoms with Crippen molar-refractivity contribution < 1.29 is 14.3 Å². The number of esters is 1. The van der Waals surface area contributed by atoms with Gasteiger partial charge >= 0.3 is 12.0 Å². The highest BCUT2D eigenvalue weighted by Gasteiger charge is 2.34. The van der Waals surface area contributed by atoms with E-state index in [1.807, 2.05) is 30.3 Å². The smallest absolute Gasteiger partial charge is 0.338 e. The van der Waals surface area contributed by atoms with Gasteiger partial charge in [0.2, 0.25) is 0 Å². The zero-order valence-corrected chi connectivity index (χ0v) is 19.6. The van der Waals surface area contributed by atoms with Crippen molar-refractivity contribution in [3.8, 4) is 0 Å². The number of carbonyl (C=O) groups is 2. The van der Waals surface area contributed by atoms with Crippen molar-refractivity contribution in [2.24, 2.45) is 0 Å². The molecule has 0 aliphatic carbocycles. The predicted octanol–water partition coefficient (Wildman–Crippen LogP) is 3.30. The van der Waals surface area contributed by atoms with E-state index in [0.717, 1.165) is 31.7 Å². The van der Waals surface area contributed by atoms with E-state index in [9.17, 15) is 9.59 Å². The Morgan fingerprint density at radius 1 is 1.06 bits per heavy atom. The van der Waals surface area contributed by atoms with E-state index >= 15 is 0 Å². The average Bonchev–Trinajstić information content (AvgIpc) is 2.81. The molecule has 1 saturated heterocycles. The first-order chi connectivity index (χ1) is 16.0. The molecule has 0 aromatic heterocycles. The summed E-state index contributed by atoms with van der Waals surface area (Å²) in [5.41, 5.74) is 5.75. The summed E-state index contributed by atoms with van der Waals surface area (Å²) in [5.74, 6) is -0.400. The van der Waals surface area contributed by atoms with Crippen molar-refractivity contribution in [1.82, 2.24) is 15.5 Å². The minimum atomic E-state index is -0.537. The predicted molar refractivity (Wildman–Crippen MR) is 129 cm³/mol. The summed E-state index contributed by atoms with van der Waals surface area (Å²) in [6.07, 6.45) is 0. The third-order valence-corrected chi connectivity index (χ3v) is 6.24. The van der Waals surface area contributed by atoms with Gasteiger partial charge in [-0.25, -0.2) is 9.59 Å². The van der Waals surface area contributed by atoms with Crippen molar-refractivity contribution in [1.29, 1.82) is 0 Å². The van der Waals surface area contributed by atoms with Crippen LogP contribution in [0.3, 0.4) is 0 Å². The van der Waals surface area contributed by atoms with Gasteiger partial charge in [-0.1, -0.05) is 42.5 Å². The number of rotatable bonds is 6. The van der Waals surface area contributed by atoms with E-state index in [0.29, 0.717) is 17.8 Å². The molecule has 33 heavy (non-hydrogen) atoms. The molecule has 2 N–H and O–H groups in total. The molecule has 2 heterocycles. The molecule has 0 bridgehead atoms. The third-order valence-electron chi connectivity index (χ3n) is 6.24.